The van der Waals surface area contributed by atoms with Crippen LogP contribution >= 0.6 is 11.8 Å². The van der Waals surface area contributed by atoms with Crippen molar-refractivity contribution in [3.05, 3.63) is 0 Å². The molecule has 1 rings (SSSR count). The monoisotopic (exact) mass is 203 g/mol. The highest BCUT2D eigenvalue weighted by Gasteiger charge is 2.13. The quantitative estimate of drug-likeness (QED) is 0.694. The molecule has 1 heterocycles. The van der Waals surface area contributed by atoms with Gasteiger partial charge in [0.2, 0.25) is 0 Å². The van der Waals surface area contributed by atoms with Gasteiger partial charge in [-0.1, -0.05) is 0 Å². The minimum Gasteiger partial charge on any atom is -0.377 e. The van der Waals surface area contributed by atoms with Crippen molar-refractivity contribution in [2.24, 2.45) is 5.73 Å². The van der Waals surface area contributed by atoms with Crippen LogP contribution in [0.1, 0.15) is 32.6 Å². The molecule has 0 spiro atoms. The van der Waals surface area contributed by atoms with Gasteiger partial charge in [0, 0.05) is 18.4 Å². The third-order valence-electron chi connectivity index (χ3n) is 2.30. The van der Waals surface area contributed by atoms with Gasteiger partial charge in [-0.2, -0.15) is 11.8 Å². The fraction of sp³-hybridized carbons (Fsp3) is 1.00. The minimum absolute atomic E-state index is 0.347. The van der Waals surface area contributed by atoms with Gasteiger partial charge in [0.25, 0.3) is 0 Å². The maximum atomic E-state index is 5.67. The summed E-state index contributed by atoms with van der Waals surface area (Å²) >= 11 is 1.98. The summed E-state index contributed by atoms with van der Waals surface area (Å²) in [5, 5.41) is 0. The van der Waals surface area contributed by atoms with E-state index in [9.17, 15) is 0 Å². The van der Waals surface area contributed by atoms with Crippen molar-refractivity contribution in [2.75, 3.05) is 18.1 Å². The second-order valence-electron chi connectivity index (χ2n) is 3.83. The zero-order chi connectivity index (χ0) is 9.52. The fourth-order valence-electron chi connectivity index (χ4n) is 1.42. The Hall–Kier alpha value is 0.270. The Balaban J connectivity index is 1.92. The molecule has 0 amide bonds. The van der Waals surface area contributed by atoms with Gasteiger partial charge >= 0.3 is 0 Å². The second-order valence-corrected chi connectivity index (χ2v) is 4.98. The molecule has 1 aliphatic rings. The maximum absolute atomic E-state index is 5.67. The van der Waals surface area contributed by atoms with Crippen molar-refractivity contribution in [1.29, 1.82) is 0 Å². The molecule has 0 aliphatic carbocycles. The predicted octanol–water partition coefficient (Wildman–Crippen LogP) is 2.03. The van der Waals surface area contributed by atoms with Crippen LogP contribution in [0.15, 0.2) is 0 Å². The van der Waals surface area contributed by atoms with Gasteiger partial charge in [-0.15, -0.1) is 0 Å². The Labute approximate surface area is 85.6 Å². The van der Waals surface area contributed by atoms with Crippen LogP contribution in [0.4, 0.5) is 0 Å². The van der Waals surface area contributed by atoms with E-state index >= 15 is 0 Å². The van der Waals surface area contributed by atoms with E-state index in [4.69, 9.17) is 10.5 Å². The molecule has 0 aromatic rings. The first-order valence-electron chi connectivity index (χ1n) is 5.24. The summed E-state index contributed by atoms with van der Waals surface area (Å²) in [6.07, 6.45) is 5.49. The molecule has 2 N–H and O–H groups in total. The van der Waals surface area contributed by atoms with Crippen LogP contribution < -0.4 is 5.73 Å². The number of hydrogen-bond donors (Lipinski definition) is 1. The number of ether oxygens (including phenoxy) is 1. The van der Waals surface area contributed by atoms with Gasteiger partial charge in [-0.25, -0.2) is 0 Å². The van der Waals surface area contributed by atoms with Gasteiger partial charge in [0.1, 0.15) is 0 Å². The van der Waals surface area contributed by atoms with Crippen LogP contribution in [0, 0.1) is 0 Å². The predicted molar refractivity (Wildman–Crippen MR) is 59.2 cm³/mol. The molecule has 0 aromatic carbocycles. The third-order valence-corrected chi connectivity index (χ3v) is 3.43. The lowest BCUT2D eigenvalue weighted by Gasteiger charge is -2.22. The van der Waals surface area contributed by atoms with E-state index in [0.29, 0.717) is 12.1 Å². The van der Waals surface area contributed by atoms with E-state index in [2.05, 4.69) is 6.92 Å². The Morgan fingerprint density at radius 2 is 2.38 bits per heavy atom. The molecular weight excluding hydrogens is 182 g/mol. The van der Waals surface area contributed by atoms with Crippen LogP contribution in [-0.2, 0) is 4.74 Å². The molecule has 13 heavy (non-hydrogen) atoms. The molecular formula is C10H21NOS. The van der Waals surface area contributed by atoms with Gasteiger partial charge in [-0.3, -0.25) is 0 Å². The largest absolute Gasteiger partial charge is 0.377 e. The Bertz CT molecular complexity index is 124. The number of thioether (sulfide) groups is 1. The minimum atomic E-state index is 0.347. The number of nitrogens with two attached hydrogens (primary N) is 1. The van der Waals surface area contributed by atoms with E-state index in [0.717, 1.165) is 18.8 Å². The van der Waals surface area contributed by atoms with Crippen molar-refractivity contribution < 1.29 is 4.74 Å². The fourth-order valence-corrected chi connectivity index (χ4v) is 2.65. The first kappa shape index (κ1) is 11.3. The lowest BCUT2D eigenvalue weighted by atomic mass is 10.1. The van der Waals surface area contributed by atoms with Crippen molar-refractivity contribution in [3.8, 4) is 0 Å². The molecule has 0 radical (unpaired) electrons. The summed E-state index contributed by atoms with van der Waals surface area (Å²) in [6.45, 7) is 3.04. The van der Waals surface area contributed by atoms with Crippen LogP contribution in [0.25, 0.3) is 0 Å². The Morgan fingerprint density at radius 3 is 3.00 bits per heavy atom. The summed E-state index contributed by atoms with van der Waals surface area (Å²) in [6, 6.07) is 0.347. The summed E-state index contributed by atoms with van der Waals surface area (Å²) in [5.74, 6) is 2.34. The molecule has 3 heteroatoms. The number of rotatable bonds is 5. The number of hydrogen-bond acceptors (Lipinski definition) is 3. The molecule has 0 bridgehead atoms. The van der Waals surface area contributed by atoms with Crippen LogP contribution in [0.5, 0.6) is 0 Å². The highest BCUT2D eigenvalue weighted by molar-refractivity contribution is 7.99. The van der Waals surface area contributed by atoms with E-state index in [1.165, 1.54) is 25.0 Å². The summed E-state index contributed by atoms with van der Waals surface area (Å²) < 4.78 is 5.63. The molecule has 1 saturated heterocycles. The second kappa shape index (κ2) is 6.68. The van der Waals surface area contributed by atoms with Crippen molar-refractivity contribution in [1.82, 2.24) is 0 Å². The van der Waals surface area contributed by atoms with Crippen LogP contribution in [0.2, 0.25) is 0 Å². The SMILES string of the molecule is CC(N)CCSCC1CCCCO1. The lowest BCUT2D eigenvalue weighted by molar-refractivity contribution is 0.0315. The summed E-state index contributed by atoms with van der Waals surface area (Å²) in [5.41, 5.74) is 5.67. The average Bonchev–Trinajstić information content (AvgIpc) is 2.14. The molecule has 2 unspecified atom stereocenters. The molecule has 2 nitrogen and oxygen atoms in total. The van der Waals surface area contributed by atoms with E-state index in [-0.39, 0.29) is 0 Å². The van der Waals surface area contributed by atoms with Gasteiger partial charge in [0.15, 0.2) is 0 Å². The Kier molecular flexibility index (Phi) is 5.83. The summed E-state index contributed by atoms with van der Waals surface area (Å²) in [7, 11) is 0. The highest BCUT2D eigenvalue weighted by Crippen LogP contribution is 2.17. The highest BCUT2D eigenvalue weighted by atomic mass is 32.2. The molecule has 2 atom stereocenters. The Morgan fingerprint density at radius 1 is 1.54 bits per heavy atom. The topological polar surface area (TPSA) is 35.2 Å². The van der Waals surface area contributed by atoms with Gasteiger partial charge < -0.3 is 10.5 Å². The van der Waals surface area contributed by atoms with Gasteiger partial charge in [0.05, 0.1) is 6.10 Å². The van der Waals surface area contributed by atoms with Crippen molar-refractivity contribution in [3.63, 3.8) is 0 Å². The van der Waals surface area contributed by atoms with Crippen LogP contribution in [0.3, 0.4) is 0 Å². The normalized spacial score (nSPS) is 25.8. The molecule has 1 aliphatic heterocycles. The van der Waals surface area contributed by atoms with Crippen LogP contribution in [-0.4, -0.2) is 30.3 Å². The average molecular weight is 203 g/mol. The molecule has 1 fully saturated rings. The first-order valence-corrected chi connectivity index (χ1v) is 6.39. The lowest BCUT2D eigenvalue weighted by Crippen LogP contribution is -2.22. The van der Waals surface area contributed by atoms with E-state index in [1.807, 2.05) is 11.8 Å². The molecule has 0 aromatic heterocycles. The third kappa shape index (κ3) is 5.55. The molecule has 0 saturated carbocycles. The standard InChI is InChI=1S/C10H21NOS/c1-9(11)5-7-13-8-10-4-2-3-6-12-10/h9-10H,2-8,11H2,1H3. The molecule has 78 valence electrons. The first-order chi connectivity index (χ1) is 6.29. The van der Waals surface area contributed by atoms with E-state index < -0.39 is 0 Å². The van der Waals surface area contributed by atoms with E-state index in [1.54, 1.807) is 0 Å². The zero-order valence-electron chi connectivity index (χ0n) is 8.50. The zero-order valence-corrected chi connectivity index (χ0v) is 9.31. The van der Waals surface area contributed by atoms with Crippen molar-refractivity contribution in [2.45, 2.75) is 44.8 Å². The van der Waals surface area contributed by atoms with Gasteiger partial charge in [-0.05, 0) is 38.4 Å². The van der Waals surface area contributed by atoms with Crippen molar-refractivity contribution >= 4 is 11.8 Å². The summed E-state index contributed by atoms with van der Waals surface area (Å²) in [4.78, 5) is 0. The smallest absolute Gasteiger partial charge is 0.0665 e. The maximum Gasteiger partial charge on any atom is 0.0665 e.